The van der Waals surface area contributed by atoms with E-state index < -0.39 is 10.0 Å². The Bertz CT molecular complexity index is 691. The van der Waals surface area contributed by atoms with Crippen LogP contribution in [0.25, 0.3) is 0 Å². The largest absolute Gasteiger partial charge is 0.398 e. The predicted octanol–water partition coefficient (Wildman–Crippen LogP) is 2.08. The Morgan fingerprint density at radius 2 is 1.95 bits per heavy atom. The Balaban J connectivity index is 2.44. The van der Waals surface area contributed by atoms with E-state index in [2.05, 4.69) is 9.71 Å². The van der Waals surface area contributed by atoms with Crippen molar-refractivity contribution >= 4 is 21.5 Å². The molecular weight excluding hydrogens is 262 g/mol. The average molecular weight is 277 g/mol. The zero-order chi connectivity index (χ0) is 14.0. The van der Waals surface area contributed by atoms with Gasteiger partial charge in [0.2, 0.25) is 0 Å². The second kappa shape index (κ2) is 4.89. The summed E-state index contributed by atoms with van der Waals surface area (Å²) in [4.78, 5) is 4.07. The molecule has 0 atom stereocenters. The van der Waals surface area contributed by atoms with Crippen LogP contribution in [-0.4, -0.2) is 13.4 Å². The molecule has 2 aromatic rings. The molecular formula is C13H15N3O2S. The Morgan fingerprint density at radius 3 is 2.58 bits per heavy atom. The highest BCUT2D eigenvalue weighted by Crippen LogP contribution is 2.24. The van der Waals surface area contributed by atoms with E-state index in [9.17, 15) is 8.42 Å². The van der Waals surface area contributed by atoms with Gasteiger partial charge in [-0.05, 0) is 43.2 Å². The Labute approximate surface area is 112 Å². The SMILES string of the molecule is Cc1ccnc(NS(=O)(=O)c2c(C)cccc2N)c1. The van der Waals surface area contributed by atoms with Crippen molar-refractivity contribution in [3.63, 3.8) is 0 Å². The summed E-state index contributed by atoms with van der Waals surface area (Å²) >= 11 is 0. The molecule has 0 radical (unpaired) electrons. The third-order valence-corrected chi connectivity index (χ3v) is 4.24. The van der Waals surface area contributed by atoms with Gasteiger partial charge in [0.05, 0.1) is 5.69 Å². The summed E-state index contributed by atoms with van der Waals surface area (Å²) in [5.41, 5.74) is 7.49. The van der Waals surface area contributed by atoms with Gasteiger partial charge in [-0.1, -0.05) is 12.1 Å². The molecule has 0 spiro atoms. The number of nitrogen functional groups attached to an aromatic ring is 1. The number of sulfonamides is 1. The fourth-order valence-corrected chi connectivity index (χ4v) is 3.18. The van der Waals surface area contributed by atoms with Crippen LogP contribution in [0.2, 0.25) is 0 Å². The molecule has 1 aromatic carbocycles. The third-order valence-electron chi connectivity index (χ3n) is 2.67. The van der Waals surface area contributed by atoms with Crippen LogP contribution in [0, 0.1) is 13.8 Å². The van der Waals surface area contributed by atoms with Crippen LogP contribution in [-0.2, 0) is 10.0 Å². The first-order chi connectivity index (χ1) is 8.90. The molecule has 0 aliphatic carbocycles. The Hall–Kier alpha value is -2.08. The van der Waals surface area contributed by atoms with Crippen molar-refractivity contribution in [2.24, 2.45) is 0 Å². The number of nitrogens with zero attached hydrogens (tertiary/aromatic N) is 1. The molecule has 3 N–H and O–H groups in total. The minimum absolute atomic E-state index is 0.0957. The molecule has 19 heavy (non-hydrogen) atoms. The second-order valence-corrected chi connectivity index (χ2v) is 5.94. The summed E-state index contributed by atoms with van der Waals surface area (Å²) in [6, 6.07) is 8.43. The van der Waals surface area contributed by atoms with Crippen LogP contribution >= 0.6 is 0 Å². The fraction of sp³-hybridized carbons (Fsp3) is 0.154. The first-order valence-corrected chi connectivity index (χ1v) is 7.19. The van der Waals surface area contributed by atoms with E-state index in [0.29, 0.717) is 5.56 Å². The van der Waals surface area contributed by atoms with E-state index in [1.54, 1.807) is 43.5 Å². The highest BCUT2D eigenvalue weighted by molar-refractivity contribution is 7.93. The normalized spacial score (nSPS) is 11.3. The maximum absolute atomic E-state index is 12.3. The molecule has 0 bridgehead atoms. The van der Waals surface area contributed by atoms with Gasteiger partial charge in [-0.15, -0.1) is 0 Å². The summed E-state index contributed by atoms with van der Waals surface area (Å²) in [7, 11) is -3.73. The minimum atomic E-state index is -3.73. The first-order valence-electron chi connectivity index (χ1n) is 5.71. The molecule has 6 heteroatoms. The van der Waals surface area contributed by atoms with Crippen LogP contribution in [0.15, 0.2) is 41.4 Å². The maximum atomic E-state index is 12.3. The number of nitrogens with two attached hydrogens (primary N) is 1. The van der Waals surface area contributed by atoms with Crippen molar-refractivity contribution in [3.8, 4) is 0 Å². The predicted molar refractivity (Wildman–Crippen MR) is 75.4 cm³/mol. The van der Waals surface area contributed by atoms with E-state index in [1.807, 2.05) is 6.92 Å². The van der Waals surface area contributed by atoms with Gasteiger partial charge in [0, 0.05) is 6.20 Å². The third kappa shape index (κ3) is 2.85. The standard InChI is InChI=1S/C13H15N3O2S/c1-9-6-7-15-12(8-9)16-19(17,18)13-10(2)4-3-5-11(13)14/h3-8H,14H2,1-2H3,(H,15,16). The lowest BCUT2D eigenvalue weighted by Crippen LogP contribution is -2.17. The summed E-state index contributed by atoms with van der Waals surface area (Å²) in [5, 5.41) is 0. The van der Waals surface area contributed by atoms with Crippen molar-refractivity contribution in [1.82, 2.24) is 4.98 Å². The van der Waals surface area contributed by atoms with Crippen LogP contribution < -0.4 is 10.5 Å². The van der Waals surface area contributed by atoms with E-state index in [1.165, 1.54) is 0 Å². The van der Waals surface area contributed by atoms with Crippen molar-refractivity contribution in [3.05, 3.63) is 47.7 Å². The number of benzene rings is 1. The fourth-order valence-electron chi connectivity index (χ4n) is 1.82. The zero-order valence-electron chi connectivity index (χ0n) is 10.7. The number of aryl methyl sites for hydroxylation is 2. The minimum Gasteiger partial charge on any atom is -0.398 e. The number of hydrogen-bond donors (Lipinski definition) is 2. The molecule has 5 nitrogen and oxygen atoms in total. The Morgan fingerprint density at radius 1 is 1.21 bits per heavy atom. The quantitative estimate of drug-likeness (QED) is 0.841. The average Bonchev–Trinajstić information content (AvgIpc) is 2.27. The van der Waals surface area contributed by atoms with Gasteiger partial charge in [0.15, 0.2) is 0 Å². The number of nitrogens with one attached hydrogen (secondary N) is 1. The maximum Gasteiger partial charge on any atom is 0.265 e. The van der Waals surface area contributed by atoms with Gasteiger partial charge in [-0.25, -0.2) is 13.4 Å². The summed E-state index contributed by atoms with van der Waals surface area (Å²) in [5.74, 6) is 0.280. The van der Waals surface area contributed by atoms with E-state index in [0.717, 1.165) is 5.56 Å². The highest BCUT2D eigenvalue weighted by atomic mass is 32.2. The lowest BCUT2D eigenvalue weighted by atomic mass is 10.2. The number of rotatable bonds is 3. The van der Waals surface area contributed by atoms with Gasteiger partial charge in [-0.3, -0.25) is 4.72 Å². The van der Waals surface area contributed by atoms with Gasteiger partial charge in [0.25, 0.3) is 10.0 Å². The molecule has 0 aliphatic heterocycles. The summed E-state index contributed by atoms with van der Waals surface area (Å²) in [6.07, 6.45) is 1.55. The molecule has 0 unspecified atom stereocenters. The number of anilines is 2. The molecule has 1 heterocycles. The number of hydrogen-bond acceptors (Lipinski definition) is 4. The van der Waals surface area contributed by atoms with Gasteiger partial charge >= 0.3 is 0 Å². The molecule has 0 saturated carbocycles. The molecule has 2 rings (SSSR count). The van der Waals surface area contributed by atoms with Gasteiger partial charge < -0.3 is 5.73 Å². The number of pyridine rings is 1. The smallest absolute Gasteiger partial charge is 0.265 e. The topological polar surface area (TPSA) is 85.1 Å². The van der Waals surface area contributed by atoms with Crippen LogP contribution in [0.3, 0.4) is 0 Å². The zero-order valence-corrected chi connectivity index (χ0v) is 11.5. The van der Waals surface area contributed by atoms with Crippen molar-refractivity contribution in [2.75, 3.05) is 10.5 Å². The van der Waals surface area contributed by atoms with Crippen LogP contribution in [0.4, 0.5) is 11.5 Å². The van der Waals surface area contributed by atoms with Gasteiger partial charge in [0.1, 0.15) is 10.7 Å². The lowest BCUT2D eigenvalue weighted by molar-refractivity contribution is 0.601. The first kappa shape index (κ1) is 13.4. The molecule has 0 aliphatic rings. The van der Waals surface area contributed by atoms with Crippen molar-refractivity contribution in [1.29, 1.82) is 0 Å². The summed E-state index contributed by atoms with van der Waals surface area (Å²) in [6.45, 7) is 3.57. The van der Waals surface area contributed by atoms with Crippen LogP contribution in [0.5, 0.6) is 0 Å². The molecule has 0 saturated heterocycles. The molecule has 1 aromatic heterocycles. The summed E-state index contributed by atoms with van der Waals surface area (Å²) < 4.78 is 27.1. The second-order valence-electron chi connectivity index (χ2n) is 4.32. The lowest BCUT2D eigenvalue weighted by Gasteiger charge is -2.12. The monoisotopic (exact) mass is 277 g/mol. The van der Waals surface area contributed by atoms with Gasteiger partial charge in [-0.2, -0.15) is 0 Å². The molecule has 100 valence electrons. The van der Waals surface area contributed by atoms with Crippen molar-refractivity contribution < 1.29 is 8.42 Å². The molecule has 0 amide bonds. The van der Waals surface area contributed by atoms with E-state index in [-0.39, 0.29) is 16.4 Å². The highest BCUT2D eigenvalue weighted by Gasteiger charge is 2.20. The number of aromatic nitrogens is 1. The van der Waals surface area contributed by atoms with Crippen LogP contribution in [0.1, 0.15) is 11.1 Å². The van der Waals surface area contributed by atoms with E-state index in [4.69, 9.17) is 5.73 Å². The van der Waals surface area contributed by atoms with Crippen molar-refractivity contribution in [2.45, 2.75) is 18.7 Å². The Kier molecular flexibility index (Phi) is 3.44. The molecule has 0 fully saturated rings. The van der Waals surface area contributed by atoms with E-state index >= 15 is 0 Å².